The van der Waals surface area contributed by atoms with Gasteiger partial charge < -0.3 is 5.32 Å². The quantitative estimate of drug-likeness (QED) is 0.575. The molecule has 0 aromatic carbocycles. The number of carbonyl (C=O) groups excluding carboxylic acids is 2. The predicted octanol–water partition coefficient (Wildman–Crippen LogP) is 1.95. The van der Waals surface area contributed by atoms with Gasteiger partial charge >= 0.3 is 0 Å². The van der Waals surface area contributed by atoms with Gasteiger partial charge in [0.2, 0.25) is 0 Å². The number of alkyl halides is 4. The summed E-state index contributed by atoms with van der Waals surface area (Å²) in [6.07, 6.45) is 0.576. The first-order chi connectivity index (χ1) is 7.91. The van der Waals surface area contributed by atoms with Gasteiger partial charge in [-0.15, -0.1) is 0 Å². The topological polar surface area (TPSA) is 49.4 Å². The van der Waals surface area contributed by atoms with Gasteiger partial charge in [0, 0.05) is 6.54 Å². The fourth-order valence-corrected chi connectivity index (χ4v) is 1.57. The molecule has 0 aliphatic heterocycles. The van der Waals surface area contributed by atoms with Gasteiger partial charge in [0.25, 0.3) is 11.8 Å². The molecule has 8 heteroatoms. The van der Waals surface area contributed by atoms with Crippen LogP contribution < -0.4 is 5.32 Å². The SMILES string of the molecule is CCNCCCN(C(=O)C(Cl)Cl)C(=O)C(Cl)Cl. The predicted molar refractivity (Wildman–Crippen MR) is 70.9 cm³/mol. The number of hydrogen-bond donors (Lipinski definition) is 1. The van der Waals surface area contributed by atoms with Crippen molar-refractivity contribution in [3.8, 4) is 0 Å². The monoisotopic (exact) mass is 322 g/mol. The summed E-state index contributed by atoms with van der Waals surface area (Å²) in [6.45, 7) is 3.60. The minimum Gasteiger partial charge on any atom is -0.317 e. The van der Waals surface area contributed by atoms with Crippen LogP contribution in [0, 0.1) is 0 Å². The molecule has 0 bridgehead atoms. The van der Waals surface area contributed by atoms with E-state index in [2.05, 4.69) is 5.32 Å². The van der Waals surface area contributed by atoms with Gasteiger partial charge in [-0.25, -0.2) is 0 Å². The van der Waals surface area contributed by atoms with E-state index in [0.29, 0.717) is 13.0 Å². The van der Waals surface area contributed by atoms with Crippen molar-refractivity contribution >= 4 is 58.2 Å². The van der Waals surface area contributed by atoms with Crippen LogP contribution in [0.4, 0.5) is 0 Å². The zero-order valence-electron chi connectivity index (χ0n) is 9.26. The molecule has 0 atom stereocenters. The highest BCUT2D eigenvalue weighted by atomic mass is 35.5. The number of amides is 2. The molecular formula is C9H14Cl4N2O2. The Morgan fingerprint density at radius 3 is 1.94 bits per heavy atom. The molecule has 0 spiro atoms. The van der Waals surface area contributed by atoms with Crippen LogP contribution in [0.25, 0.3) is 0 Å². The van der Waals surface area contributed by atoms with Crippen LogP contribution in [0.3, 0.4) is 0 Å². The van der Waals surface area contributed by atoms with Crippen LogP contribution >= 0.6 is 46.4 Å². The molecule has 17 heavy (non-hydrogen) atoms. The van der Waals surface area contributed by atoms with E-state index in [9.17, 15) is 9.59 Å². The summed E-state index contributed by atoms with van der Waals surface area (Å²) >= 11 is 21.7. The van der Waals surface area contributed by atoms with Crippen LogP contribution in [-0.2, 0) is 9.59 Å². The van der Waals surface area contributed by atoms with E-state index >= 15 is 0 Å². The molecule has 100 valence electrons. The maximum absolute atomic E-state index is 11.6. The molecule has 0 aliphatic carbocycles. The van der Waals surface area contributed by atoms with E-state index in [0.717, 1.165) is 11.4 Å². The molecule has 0 aromatic rings. The molecule has 0 saturated heterocycles. The van der Waals surface area contributed by atoms with Gasteiger partial charge in [-0.1, -0.05) is 53.3 Å². The Balaban J connectivity index is 4.41. The van der Waals surface area contributed by atoms with Crippen LogP contribution in [0.2, 0.25) is 0 Å². The first kappa shape index (κ1) is 17.3. The van der Waals surface area contributed by atoms with Gasteiger partial charge in [0.05, 0.1) is 0 Å². The number of carbonyl (C=O) groups is 2. The second kappa shape index (κ2) is 9.22. The van der Waals surface area contributed by atoms with Crippen molar-refractivity contribution in [2.45, 2.75) is 23.0 Å². The highest BCUT2D eigenvalue weighted by Gasteiger charge is 2.29. The summed E-state index contributed by atoms with van der Waals surface area (Å²) in [5.41, 5.74) is 0. The average Bonchev–Trinajstić information content (AvgIpc) is 2.27. The van der Waals surface area contributed by atoms with E-state index in [-0.39, 0.29) is 6.54 Å². The number of hydrogen-bond acceptors (Lipinski definition) is 3. The summed E-state index contributed by atoms with van der Waals surface area (Å²) < 4.78 is 0. The highest BCUT2D eigenvalue weighted by Crippen LogP contribution is 2.13. The average molecular weight is 324 g/mol. The summed E-state index contributed by atoms with van der Waals surface area (Å²) in [5.74, 6) is -1.41. The largest absolute Gasteiger partial charge is 0.317 e. The number of rotatable bonds is 7. The fraction of sp³-hybridized carbons (Fsp3) is 0.778. The Hall–Kier alpha value is 0.260. The van der Waals surface area contributed by atoms with Crippen molar-refractivity contribution in [3.05, 3.63) is 0 Å². The normalized spacial score (nSPS) is 11.0. The van der Waals surface area contributed by atoms with E-state index in [4.69, 9.17) is 46.4 Å². The molecule has 2 amide bonds. The number of nitrogens with one attached hydrogen (secondary N) is 1. The smallest absolute Gasteiger partial charge is 0.262 e. The minimum absolute atomic E-state index is 0.177. The third-order valence-electron chi connectivity index (χ3n) is 1.89. The molecule has 0 radical (unpaired) electrons. The number of nitrogens with zero attached hydrogens (tertiary/aromatic N) is 1. The molecule has 4 nitrogen and oxygen atoms in total. The van der Waals surface area contributed by atoms with Gasteiger partial charge in [-0.2, -0.15) is 0 Å². The van der Waals surface area contributed by atoms with E-state index < -0.39 is 21.5 Å². The first-order valence-corrected chi connectivity index (χ1v) is 6.78. The Labute approximate surface area is 121 Å². The van der Waals surface area contributed by atoms with Crippen LogP contribution in [0.5, 0.6) is 0 Å². The van der Waals surface area contributed by atoms with Gasteiger partial charge in [-0.3, -0.25) is 14.5 Å². The Morgan fingerprint density at radius 1 is 1.12 bits per heavy atom. The molecule has 0 aromatic heterocycles. The highest BCUT2D eigenvalue weighted by molar-refractivity contribution is 6.56. The van der Waals surface area contributed by atoms with Crippen molar-refractivity contribution in [2.75, 3.05) is 19.6 Å². The second-order valence-electron chi connectivity index (χ2n) is 3.14. The lowest BCUT2D eigenvalue weighted by Crippen LogP contribution is -2.43. The lowest BCUT2D eigenvalue weighted by molar-refractivity contribution is -0.142. The standard InChI is InChI=1S/C9H14Cl4N2O2/c1-2-14-4-3-5-15(8(16)6(10)11)9(17)7(12)13/h6-7,14H,2-5H2,1H3. The van der Waals surface area contributed by atoms with Gasteiger partial charge in [-0.05, 0) is 19.5 Å². The molecule has 1 N–H and O–H groups in total. The van der Waals surface area contributed by atoms with Crippen molar-refractivity contribution in [1.29, 1.82) is 0 Å². The maximum atomic E-state index is 11.6. The summed E-state index contributed by atoms with van der Waals surface area (Å²) in [5, 5.41) is 3.06. The fourth-order valence-electron chi connectivity index (χ4n) is 1.10. The number of halogens is 4. The molecule has 0 fully saturated rings. The molecular weight excluding hydrogens is 310 g/mol. The zero-order valence-corrected chi connectivity index (χ0v) is 12.3. The summed E-state index contributed by atoms with van der Waals surface area (Å²) in [4.78, 5) is 21.4. The first-order valence-electron chi connectivity index (χ1n) is 5.04. The maximum Gasteiger partial charge on any atom is 0.262 e. The molecule has 0 aliphatic rings. The molecule has 0 rings (SSSR count). The molecule has 0 saturated carbocycles. The third-order valence-corrected chi connectivity index (χ3v) is 2.64. The molecule has 0 unspecified atom stereocenters. The van der Waals surface area contributed by atoms with E-state index in [1.54, 1.807) is 0 Å². The second-order valence-corrected chi connectivity index (χ2v) is 5.33. The molecule has 0 heterocycles. The summed E-state index contributed by atoms with van der Waals surface area (Å²) in [6, 6.07) is 0. The van der Waals surface area contributed by atoms with Crippen LogP contribution in [0.15, 0.2) is 0 Å². The Morgan fingerprint density at radius 2 is 1.59 bits per heavy atom. The number of imide groups is 1. The summed E-state index contributed by atoms with van der Waals surface area (Å²) in [7, 11) is 0. The van der Waals surface area contributed by atoms with Crippen LogP contribution in [-0.4, -0.2) is 46.0 Å². The van der Waals surface area contributed by atoms with E-state index in [1.807, 2.05) is 6.92 Å². The van der Waals surface area contributed by atoms with Crippen molar-refractivity contribution in [3.63, 3.8) is 0 Å². The van der Waals surface area contributed by atoms with Crippen molar-refractivity contribution in [1.82, 2.24) is 10.2 Å². The van der Waals surface area contributed by atoms with Gasteiger partial charge in [0.1, 0.15) is 0 Å². The lowest BCUT2D eigenvalue weighted by atomic mass is 10.3. The van der Waals surface area contributed by atoms with Crippen molar-refractivity contribution < 1.29 is 9.59 Å². The lowest BCUT2D eigenvalue weighted by Gasteiger charge is -2.21. The van der Waals surface area contributed by atoms with E-state index in [1.165, 1.54) is 0 Å². The van der Waals surface area contributed by atoms with Crippen LogP contribution in [0.1, 0.15) is 13.3 Å². The zero-order chi connectivity index (χ0) is 13.4. The Kier molecular flexibility index (Phi) is 9.37. The Bertz CT molecular complexity index is 241. The van der Waals surface area contributed by atoms with Crippen molar-refractivity contribution in [2.24, 2.45) is 0 Å². The van der Waals surface area contributed by atoms with Gasteiger partial charge in [0.15, 0.2) is 9.67 Å². The minimum atomic E-state index is -1.30. The third kappa shape index (κ3) is 6.67.